The third-order valence-corrected chi connectivity index (χ3v) is 4.45. The molecule has 0 radical (unpaired) electrons. The number of nitrogens with one attached hydrogen (secondary N) is 2. The highest BCUT2D eigenvalue weighted by molar-refractivity contribution is 5.89. The summed E-state index contributed by atoms with van der Waals surface area (Å²) in [6.07, 6.45) is 6.11. The predicted molar refractivity (Wildman–Crippen MR) is 88.6 cm³/mol. The van der Waals surface area contributed by atoms with E-state index in [1.165, 1.54) is 4.68 Å². The fourth-order valence-corrected chi connectivity index (χ4v) is 3.19. The third kappa shape index (κ3) is 2.67. The number of aromatic amines is 2. The van der Waals surface area contributed by atoms with Crippen LogP contribution in [0.5, 0.6) is 0 Å². The van der Waals surface area contributed by atoms with Gasteiger partial charge in [0.15, 0.2) is 5.65 Å². The number of fused-ring (bicyclic) bond motifs is 1. The minimum absolute atomic E-state index is 0.209. The Morgan fingerprint density at radius 2 is 2.32 bits per heavy atom. The largest absolute Gasteiger partial charge is 0.344 e. The molecule has 0 spiro atoms. The minimum Gasteiger partial charge on any atom is -0.323 e. The van der Waals surface area contributed by atoms with Crippen molar-refractivity contribution in [3.8, 4) is 17.2 Å². The van der Waals surface area contributed by atoms with Crippen molar-refractivity contribution >= 4 is 17.2 Å². The Morgan fingerprint density at radius 1 is 1.44 bits per heavy atom. The van der Waals surface area contributed by atoms with E-state index in [2.05, 4.69) is 26.1 Å². The van der Waals surface area contributed by atoms with Gasteiger partial charge in [-0.1, -0.05) is 0 Å². The molecule has 0 aliphatic carbocycles. The van der Waals surface area contributed by atoms with Gasteiger partial charge in [0, 0.05) is 43.0 Å². The van der Waals surface area contributed by atoms with Crippen molar-refractivity contribution in [2.24, 2.45) is 5.92 Å². The Kier molecular flexibility index (Phi) is 3.57. The molecule has 1 aliphatic rings. The maximum Gasteiger partial charge on any atom is 0.344 e. The number of carbonyl (C=O) groups is 1. The highest BCUT2D eigenvalue weighted by Crippen LogP contribution is 2.25. The highest BCUT2D eigenvalue weighted by atomic mass is 16.2. The summed E-state index contributed by atoms with van der Waals surface area (Å²) in [4.78, 5) is 35.2. The number of carbonyl (C=O) groups excluding carboxylic acids is 1. The molecule has 9 heteroatoms. The summed E-state index contributed by atoms with van der Waals surface area (Å²) in [5, 5.41) is 12.9. The summed E-state index contributed by atoms with van der Waals surface area (Å²) in [6.45, 7) is 1.21. The number of likely N-dealkylation sites (tertiary alicyclic amines) is 1. The van der Waals surface area contributed by atoms with Crippen LogP contribution >= 0.6 is 0 Å². The second kappa shape index (κ2) is 5.90. The summed E-state index contributed by atoms with van der Waals surface area (Å²) in [5.41, 5.74) is 2.16. The maximum absolute atomic E-state index is 12.6. The molecule has 4 heterocycles. The van der Waals surface area contributed by atoms with Crippen molar-refractivity contribution in [1.82, 2.24) is 29.6 Å². The van der Waals surface area contributed by atoms with E-state index in [0.717, 1.165) is 12.0 Å². The molecule has 1 aliphatic heterocycles. The van der Waals surface area contributed by atoms with Gasteiger partial charge in [-0.15, -0.1) is 0 Å². The van der Waals surface area contributed by atoms with Crippen LogP contribution in [0.25, 0.3) is 22.3 Å². The number of nitriles is 1. The molecule has 1 atom stereocenters. The van der Waals surface area contributed by atoms with E-state index in [9.17, 15) is 9.59 Å². The van der Waals surface area contributed by atoms with Gasteiger partial charge in [-0.25, -0.2) is 14.6 Å². The van der Waals surface area contributed by atoms with Crippen LogP contribution in [0.4, 0.5) is 4.79 Å². The van der Waals surface area contributed by atoms with Crippen LogP contribution in [0.2, 0.25) is 0 Å². The van der Waals surface area contributed by atoms with E-state index >= 15 is 0 Å². The zero-order valence-electron chi connectivity index (χ0n) is 13.3. The van der Waals surface area contributed by atoms with Crippen molar-refractivity contribution in [3.63, 3.8) is 0 Å². The van der Waals surface area contributed by atoms with Crippen LogP contribution in [-0.4, -0.2) is 48.8 Å². The lowest BCUT2D eigenvalue weighted by molar-refractivity contribution is 0.205. The fraction of sp³-hybridized carbons (Fsp3) is 0.312. The number of H-pyrrole nitrogens is 2. The average molecular weight is 337 g/mol. The van der Waals surface area contributed by atoms with E-state index in [4.69, 9.17) is 5.26 Å². The number of hydrogen-bond acceptors (Lipinski definition) is 5. The van der Waals surface area contributed by atoms with Gasteiger partial charge in [-0.2, -0.15) is 15.0 Å². The summed E-state index contributed by atoms with van der Waals surface area (Å²) < 4.78 is 1.29. The van der Waals surface area contributed by atoms with Gasteiger partial charge in [0.25, 0.3) is 0 Å². The monoisotopic (exact) mass is 337 g/mol. The second-order valence-electron chi connectivity index (χ2n) is 6.08. The Labute approximate surface area is 141 Å². The molecule has 0 saturated carbocycles. The molecule has 2 N–H and O–H groups in total. The van der Waals surface area contributed by atoms with Gasteiger partial charge in [0.05, 0.1) is 17.8 Å². The molecule has 1 unspecified atom stereocenters. The number of rotatable bonds is 2. The molecular weight excluding hydrogens is 322 g/mol. The lowest BCUT2D eigenvalue weighted by Crippen LogP contribution is -2.33. The van der Waals surface area contributed by atoms with Crippen molar-refractivity contribution in [3.05, 3.63) is 35.1 Å². The number of amides is 1. The van der Waals surface area contributed by atoms with E-state index in [-0.39, 0.29) is 17.6 Å². The van der Waals surface area contributed by atoms with Gasteiger partial charge in [0.2, 0.25) is 0 Å². The molecule has 1 fully saturated rings. The van der Waals surface area contributed by atoms with Crippen LogP contribution in [0.3, 0.4) is 0 Å². The number of nitrogens with zero attached hydrogens (tertiary/aromatic N) is 5. The number of pyridine rings is 1. The Balaban J connectivity index is 1.61. The van der Waals surface area contributed by atoms with Crippen LogP contribution < -0.4 is 5.69 Å². The van der Waals surface area contributed by atoms with E-state index in [0.29, 0.717) is 36.2 Å². The molecule has 9 nitrogen and oxygen atoms in total. The molecule has 3 aromatic heterocycles. The van der Waals surface area contributed by atoms with E-state index in [1.54, 1.807) is 29.6 Å². The van der Waals surface area contributed by atoms with Gasteiger partial charge < -0.3 is 9.88 Å². The summed E-state index contributed by atoms with van der Waals surface area (Å²) >= 11 is 0. The van der Waals surface area contributed by atoms with Crippen LogP contribution in [-0.2, 0) is 0 Å². The smallest absolute Gasteiger partial charge is 0.323 e. The summed E-state index contributed by atoms with van der Waals surface area (Å²) in [7, 11) is 0. The molecule has 3 aromatic rings. The topological polar surface area (TPSA) is 123 Å². The predicted octanol–water partition coefficient (Wildman–Crippen LogP) is 1.32. The van der Waals surface area contributed by atoms with Crippen molar-refractivity contribution in [2.75, 3.05) is 13.1 Å². The van der Waals surface area contributed by atoms with Crippen LogP contribution in [0.15, 0.2) is 29.5 Å². The summed E-state index contributed by atoms with van der Waals surface area (Å²) in [6, 6.07) is 3.71. The first-order chi connectivity index (χ1) is 12.2. The summed E-state index contributed by atoms with van der Waals surface area (Å²) in [5.74, 6) is 0.230. The number of hydrogen-bond donors (Lipinski definition) is 2. The van der Waals surface area contributed by atoms with Crippen molar-refractivity contribution in [2.45, 2.75) is 12.8 Å². The first kappa shape index (κ1) is 15.1. The molecule has 0 bridgehead atoms. The standard InChI is InChI=1S/C16H15N7O2/c17-4-1-10-3-6-22(8-10)16(25)23-9-11(7-19-23)12-2-5-18-14-13(12)20-15(24)21-14/h2,5,7,9-10H,1,3,6,8H2,(H2,18,20,21,24). The van der Waals surface area contributed by atoms with Crippen LogP contribution in [0, 0.1) is 17.2 Å². The lowest BCUT2D eigenvalue weighted by Gasteiger charge is -2.15. The molecular formula is C16H15N7O2. The molecule has 1 amide bonds. The minimum atomic E-state index is -0.334. The molecule has 0 aromatic carbocycles. The first-order valence-corrected chi connectivity index (χ1v) is 7.94. The fourth-order valence-electron chi connectivity index (χ4n) is 3.19. The van der Waals surface area contributed by atoms with Gasteiger partial charge in [-0.05, 0) is 18.4 Å². The van der Waals surface area contributed by atoms with Gasteiger partial charge >= 0.3 is 11.7 Å². The highest BCUT2D eigenvalue weighted by Gasteiger charge is 2.27. The number of imidazole rings is 1. The van der Waals surface area contributed by atoms with Crippen molar-refractivity contribution < 1.29 is 4.79 Å². The van der Waals surface area contributed by atoms with Crippen molar-refractivity contribution in [1.29, 1.82) is 5.26 Å². The SMILES string of the molecule is N#CCC1CCN(C(=O)n2cc(-c3ccnc4[nH]c(=O)[nH]c34)cn2)C1. The molecule has 4 rings (SSSR count). The quantitative estimate of drug-likeness (QED) is 0.730. The molecule has 1 saturated heterocycles. The lowest BCUT2D eigenvalue weighted by atomic mass is 10.1. The third-order valence-electron chi connectivity index (χ3n) is 4.45. The zero-order valence-corrected chi connectivity index (χ0v) is 13.3. The Morgan fingerprint density at radius 3 is 3.16 bits per heavy atom. The zero-order chi connectivity index (χ0) is 17.4. The molecule has 126 valence electrons. The average Bonchev–Trinajstić information content (AvgIpc) is 3.32. The Bertz CT molecular complexity index is 1040. The van der Waals surface area contributed by atoms with Crippen LogP contribution in [0.1, 0.15) is 12.8 Å². The van der Waals surface area contributed by atoms with Gasteiger partial charge in [-0.3, -0.25) is 4.98 Å². The molecule has 25 heavy (non-hydrogen) atoms. The van der Waals surface area contributed by atoms with E-state index in [1.807, 2.05) is 0 Å². The number of aromatic nitrogens is 5. The normalized spacial score (nSPS) is 17.1. The second-order valence-corrected chi connectivity index (χ2v) is 6.08. The first-order valence-electron chi connectivity index (χ1n) is 7.94. The maximum atomic E-state index is 12.6. The van der Waals surface area contributed by atoms with E-state index < -0.39 is 0 Å². The van der Waals surface area contributed by atoms with Gasteiger partial charge in [0.1, 0.15) is 0 Å². The Hall–Kier alpha value is -3.41.